The molecule has 3 aliphatic rings. The van der Waals surface area contributed by atoms with Gasteiger partial charge in [0.1, 0.15) is 67.0 Å². The van der Waals surface area contributed by atoms with E-state index in [4.69, 9.17) is 18.9 Å². The summed E-state index contributed by atoms with van der Waals surface area (Å²) in [5, 5.41) is 85.5. The number of phenols is 2. The lowest BCUT2D eigenvalue weighted by Crippen LogP contribution is -3.11. The molecule has 2 aromatic carbocycles. The first-order valence-electron chi connectivity index (χ1n) is 15.8. The third-order valence-corrected chi connectivity index (χ3v) is 8.79. The van der Waals surface area contributed by atoms with Crippen LogP contribution in [0.25, 0.3) is 6.08 Å². The molecule has 0 bridgehead atoms. The van der Waals surface area contributed by atoms with Gasteiger partial charge >= 0.3 is 17.9 Å². The number of esters is 1. The van der Waals surface area contributed by atoms with Crippen LogP contribution in [0.3, 0.4) is 0 Å². The summed E-state index contributed by atoms with van der Waals surface area (Å²) in [6.45, 7) is -0.639. The number of carboxylic acids is 3. The van der Waals surface area contributed by atoms with E-state index in [1.807, 2.05) is 0 Å². The maximum absolute atomic E-state index is 12.4. The summed E-state index contributed by atoms with van der Waals surface area (Å²) >= 11 is 0. The Hall–Kier alpha value is -5.66. The summed E-state index contributed by atoms with van der Waals surface area (Å²) in [4.78, 5) is 47.9. The molecular weight excluding hydrogens is 692 g/mol. The topological polar surface area (TPSA) is 286 Å². The van der Waals surface area contributed by atoms with Gasteiger partial charge in [-0.05, 0) is 47.6 Å². The molecule has 3 aliphatic heterocycles. The SMILES string of the molecule is COc1cc(C=CC(=O)OC[C@H]2O[C@@H](Oc3cc4c(cc3O)[NH+](CC=C3C=C(C(=O)O)N[C@@H](C(=O)O)C3)[C@H](C(=O)[O-])C4)[C@H](O)[C@@H](O)[C@@H]2O)ccc1O. The van der Waals surface area contributed by atoms with Gasteiger partial charge in [-0.25, -0.2) is 14.4 Å². The van der Waals surface area contributed by atoms with Crippen molar-refractivity contribution in [2.45, 2.75) is 55.6 Å². The van der Waals surface area contributed by atoms with Gasteiger partial charge in [-0.2, -0.15) is 0 Å². The van der Waals surface area contributed by atoms with Crippen LogP contribution in [0.15, 0.2) is 59.8 Å². The number of carboxylic acid groups (broad SMARTS) is 3. The maximum atomic E-state index is 12.4. The number of nitrogens with one attached hydrogen (secondary N) is 2. The van der Waals surface area contributed by atoms with Crippen LogP contribution in [-0.4, -0.2) is 123 Å². The summed E-state index contributed by atoms with van der Waals surface area (Å²) in [5.41, 5.74) is 1.21. The molecule has 2 aromatic rings. The van der Waals surface area contributed by atoms with E-state index in [1.165, 1.54) is 55.7 Å². The quantitative estimate of drug-likeness (QED) is 0.0782. The van der Waals surface area contributed by atoms with Gasteiger partial charge in [-0.1, -0.05) is 6.07 Å². The third kappa shape index (κ3) is 8.27. The molecule has 52 heavy (non-hydrogen) atoms. The Kier molecular flexibility index (Phi) is 11.4. The number of hydrogen-bond acceptors (Lipinski definition) is 15. The van der Waals surface area contributed by atoms with Gasteiger partial charge in [0.05, 0.1) is 7.11 Å². The van der Waals surface area contributed by atoms with Crippen molar-refractivity contribution in [1.29, 1.82) is 0 Å². The molecule has 0 aliphatic carbocycles. The van der Waals surface area contributed by atoms with Gasteiger partial charge in [0.25, 0.3) is 0 Å². The van der Waals surface area contributed by atoms with Gasteiger partial charge in [-0.15, -0.1) is 0 Å². The predicted molar refractivity (Wildman–Crippen MR) is 171 cm³/mol. The number of allylic oxidation sites excluding steroid dienone is 1. The van der Waals surface area contributed by atoms with E-state index in [-0.39, 0.29) is 42.3 Å². The van der Waals surface area contributed by atoms with E-state index in [1.54, 1.807) is 0 Å². The molecule has 9 N–H and O–H groups in total. The van der Waals surface area contributed by atoms with Gasteiger partial charge in [0, 0.05) is 30.5 Å². The molecule has 1 fully saturated rings. The zero-order valence-corrected chi connectivity index (χ0v) is 27.4. The fourth-order valence-corrected chi connectivity index (χ4v) is 6.05. The van der Waals surface area contributed by atoms with Gasteiger partial charge in [-0.3, -0.25) is 4.90 Å². The second kappa shape index (κ2) is 15.7. The number of aliphatic carboxylic acids is 3. The number of carbonyl (C=O) groups excluding carboxylic acids is 2. The minimum atomic E-state index is -1.84. The summed E-state index contributed by atoms with van der Waals surface area (Å²) in [7, 11) is 1.36. The van der Waals surface area contributed by atoms with Crippen molar-refractivity contribution in [3.8, 4) is 23.0 Å². The first-order chi connectivity index (χ1) is 24.7. The maximum Gasteiger partial charge on any atom is 0.351 e. The van der Waals surface area contributed by atoms with Crippen LogP contribution in [-0.2, 0) is 35.1 Å². The van der Waals surface area contributed by atoms with E-state index in [2.05, 4.69) is 5.32 Å². The largest absolute Gasteiger partial charge is 0.544 e. The number of rotatable bonds is 12. The van der Waals surface area contributed by atoms with Gasteiger partial charge < -0.3 is 69.9 Å². The molecule has 3 heterocycles. The number of fused-ring (bicyclic) bond motifs is 1. The molecule has 5 rings (SSSR count). The fraction of sp³-hybridized carbons (Fsp3) is 0.353. The minimum absolute atomic E-state index is 0.0520. The molecule has 0 aromatic heterocycles. The van der Waals surface area contributed by atoms with E-state index >= 15 is 0 Å². The van der Waals surface area contributed by atoms with Crippen molar-refractivity contribution in [1.82, 2.24) is 5.32 Å². The Morgan fingerprint density at radius 2 is 1.75 bits per heavy atom. The number of aliphatic hydroxyl groups excluding tert-OH is 3. The van der Waals surface area contributed by atoms with Crippen LogP contribution in [0.1, 0.15) is 17.5 Å². The molecule has 278 valence electrons. The number of aromatic hydroxyl groups is 2. The van der Waals surface area contributed by atoms with Crippen molar-refractivity contribution in [2.75, 3.05) is 20.3 Å². The van der Waals surface area contributed by atoms with Crippen LogP contribution in [0.5, 0.6) is 23.0 Å². The average Bonchev–Trinajstić information content (AvgIpc) is 3.47. The monoisotopic (exact) mass is 728 g/mol. The highest BCUT2D eigenvalue weighted by molar-refractivity contribution is 5.89. The highest BCUT2D eigenvalue weighted by atomic mass is 16.7. The van der Waals surface area contributed by atoms with Gasteiger partial charge in [0.2, 0.25) is 6.29 Å². The Morgan fingerprint density at radius 3 is 2.42 bits per heavy atom. The number of carbonyl (C=O) groups is 4. The predicted octanol–water partition coefficient (Wildman–Crippen LogP) is -2.92. The van der Waals surface area contributed by atoms with Crippen molar-refractivity contribution >= 4 is 35.6 Å². The van der Waals surface area contributed by atoms with Crippen molar-refractivity contribution in [2.24, 2.45) is 0 Å². The summed E-state index contributed by atoms with van der Waals surface area (Å²) in [6.07, 6.45) is -3.46. The molecule has 1 saturated heterocycles. The Balaban J connectivity index is 1.28. The summed E-state index contributed by atoms with van der Waals surface area (Å²) in [5.74, 6) is -5.65. The molecule has 0 saturated carbocycles. The number of hydrogen-bond donors (Lipinski definition) is 9. The van der Waals surface area contributed by atoms with Crippen LogP contribution in [0.4, 0.5) is 5.69 Å². The lowest BCUT2D eigenvalue weighted by Gasteiger charge is -2.39. The van der Waals surface area contributed by atoms with Crippen LogP contribution in [0.2, 0.25) is 0 Å². The van der Waals surface area contributed by atoms with E-state index in [0.717, 1.165) is 6.08 Å². The van der Waals surface area contributed by atoms with Crippen molar-refractivity contribution < 1.29 is 83.9 Å². The molecule has 8 atom stereocenters. The molecule has 1 unspecified atom stereocenters. The van der Waals surface area contributed by atoms with Crippen LogP contribution < -0.4 is 24.8 Å². The van der Waals surface area contributed by atoms with E-state index < -0.39 is 79.0 Å². The Labute approximate surface area is 294 Å². The average molecular weight is 729 g/mol. The van der Waals surface area contributed by atoms with Gasteiger partial charge in [0.15, 0.2) is 23.0 Å². The van der Waals surface area contributed by atoms with E-state index in [0.29, 0.717) is 27.3 Å². The number of aliphatic hydroxyl groups is 3. The highest BCUT2D eigenvalue weighted by Gasteiger charge is 2.46. The number of methoxy groups -OCH3 is 1. The normalized spacial score (nSPS) is 27.7. The zero-order valence-electron chi connectivity index (χ0n) is 27.4. The van der Waals surface area contributed by atoms with E-state index in [9.17, 15) is 60.0 Å². The molecular formula is C34H36N2O16. The lowest BCUT2D eigenvalue weighted by molar-refractivity contribution is -0.840. The first kappa shape index (κ1) is 37.6. The van der Waals surface area contributed by atoms with Crippen LogP contribution >= 0.6 is 0 Å². The lowest BCUT2D eigenvalue weighted by atomic mass is 9.99. The summed E-state index contributed by atoms with van der Waals surface area (Å²) < 4.78 is 21.4. The number of ether oxygens (including phenoxy) is 4. The molecule has 0 spiro atoms. The first-order valence-corrected chi connectivity index (χ1v) is 15.8. The fourth-order valence-electron chi connectivity index (χ4n) is 6.05. The molecule has 0 amide bonds. The number of benzene rings is 2. The van der Waals surface area contributed by atoms with Crippen LogP contribution in [0, 0.1) is 0 Å². The zero-order chi connectivity index (χ0) is 37.9. The summed E-state index contributed by atoms with van der Waals surface area (Å²) in [6, 6.07) is 4.50. The molecule has 0 radical (unpaired) electrons. The molecule has 18 heteroatoms. The second-order valence-corrected chi connectivity index (χ2v) is 12.2. The smallest absolute Gasteiger partial charge is 0.351 e. The number of quaternary nitrogens is 1. The third-order valence-electron chi connectivity index (χ3n) is 8.79. The second-order valence-electron chi connectivity index (χ2n) is 12.2. The van der Waals surface area contributed by atoms with Crippen molar-refractivity contribution in [3.63, 3.8) is 0 Å². The molecule has 18 nitrogen and oxygen atoms in total. The minimum Gasteiger partial charge on any atom is -0.544 e. The Morgan fingerprint density at radius 1 is 1.00 bits per heavy atom. The number of phenolic OH excluding ortho intramolecular Hbond substituents is 2. The standard InChI is InChI=1S/C34H36N2O16/c1-49-24-10-15(2-4-22(24)37)3-5-27(39)50-14-26-28(40)29(41)30(42)34(52-26)51-25-12-17-11-21(33(47)48)36(20(17)13-23(25)38)7-6-16-8-18(31(43)44)35-19(9-16)32(45)46/h2-6,8,10,12-13,19,21,26,28-30,34-35,37-38,40-42H,7,9,11,14H2,1H3,(H,43,44)(H,45,46)(H,47,48)/t19-,21+,26-,28-,29+,30-,34-/m1/s1. The van der Waals surface area contributed by atoms with Crippen molar-refractivity contribution in [3.05, 3.63) is 71.0 Å². The Bertz CT molecular complexity index is 1820. The highest BCUT2D eigenvalue weighted by Crippen LogP contribution is 2.36.